The number of hydrogen-bond donors (Lipinski definition) is 1. The smallest absolute Gasteiger partial charge is 0.225 e. The summed E-state index contributed by atoms with van der Waals surface area (Å²) in [4.78, 5) is 15.0. The van der Waals surface area contributed by atoms with Gasteiger partial charge in [-0.15, -0.1) is 0 Å². The third-order valence-corrected chi connectivity index (χ3v) is 4.55. The van der Waals surface area contributed by atoms with Crippen molar-refractivity contribution in [1.82, 2.24) is 10.2 Å². The molecule has 0 aromatic heterocycles. The standard InChI is InChI=1S/C20H24N2O/c1-22-14-8-13-18(15-22)20(23)21-19(16-9-4-2-5-10-16)17-11-6-3-7-12-17/h2-7,9-12,18-19H,8,13-15H2,1H3,(H,21,23)/t18-/m0/s1. The summed E-state index contributed by atoms with van der Waals surface area (Å²) in [6.07, 6.45) is 2.07. The highest BCUT2D eigenvalue weighted by Gasteiger charge is 2.26. The van der Waals surface area contributed by atoms with Crippen LogP contribution in [0.2, 0.25) is 0 Å². The second kappa shape index (κ2) is 7.42. The van der Waals surface area contributed by atoms with Gasteiger partial charge in [-0.1, -0.05) is 60.7 Å². The van der Waals surface area contributed by atoms with Gasteiger partial charge in [0.25, 0.3) is 0 Å². The van der Waals surface area contributed by atoms with Crippen LogP contribution in [0.25, 0.3) is 0 Å². The van der Waals surface area contributed by atoms with E-state index in [1.807, 2.05) is 36.4 Å². The fourth-order valence-electron chi connectivity index (χ4n) is 3.29. The Labute approximate surface area is 138 Å². The van der Waals surface area contributed by atoms with E-state index in [4.69, 9.17) is 0 Å². The minimum atomic E-state index is -0.0860. The van der Waals surface area contributed by atoms with Crippen molar-refractivity contribution < 1.29 is 4.79 Å². The van der Waals surface area contributed by atoms with E-state index in [0.717, 1.165) is 37.1 Å². The van der Waals surface area contributed by atoms with Crippen LogP contribution in [0.3, 0.4) is 0 Å². The molecule has 1 amide bonds. The summed E-state index contributed by atoms with van der Waals surface area (Å²) in [6.45, 7) is 1.94. The Hall–Kier alpha value is -2.13. The van der Waals surface area contributed by atoms with Crippen LogP contribution in [-0.4, -0.2) is 30.9 Å². The van der Waals surface area contributed by atoms with Crippen LogP contribution in [0.1, 0.15) is 30.0 Å². The Morgan fingerprint density at radius 1 is 1.04 bits per heavy atom. The van der Waals surface area contributed by atoms with Gasteiger partial charge < -0.3 is 10.2 Å². The first-order valence-electron chi connectivity index (χ1n) is 8.33. The van der Waals surface area contributed by atoms with E-state index < -0.39 is 0 Å². The predicted molar refractivity (Wildman–Crippen MR) is 93.1 cm³/mol. The van der Waals surface area contributed by atoms with Gasteiger partial charge in [0.1, 0.15) is 0 Å². The van der Waals surface area contributed by atoms with Crippen LogP contribution in [0.5, 0.6) is 0 Å². The Balaban J connectivity index is 1.80. The Morgan fingerprint density at radius 3 is 2.13 bits per heavy atom. The van der Waals surface area contributed by atoms with E-state index in [0.29, 0.717) is 0 Å². The largest absolute Gasteiger partial charge is 0.345 e. The number of benzene rings is 2. The molecule has 0 unspecified atom stereocenters. The molecule has 1 heterocycles. The number of nitrogens with one attached hydrogen (secondary N) is 1. The molecule has 120 valence electrons. The number of carbonyl (C=O) groups excluding carboxylic acids is 1. The molecular weight excluding hydrogens is 284 g/mol. The number of hydrogen-bond acceptors (Lipinski definition) is 2. The molecule has 0 spiro atoms. The third-order valence-electron chi connectivity index (χ3n) is 4.55. The molecule has 23 heavy (non-hydrogen) atoms. The quantitative estimate of drug-likeness (QED) is 0.940. The van der Waals surface area contributed by atoms with Gasteiger partial charge >= 0.3 is 0 Å². The first-order chi connectivity index (χ1) is 11.2. The van der Waals surface area contributed by atoms with Crippen molar-refractivity contribution in [2.75, 3.05) is 20.1 Å². The summed E-state index contributed by atoms with van der Waals surface area (Å²) >= 11 is 0. The van der Waals surface area contributed by atoms with Crippen molar-refractivity contribution in [2.45, 2.75) is 18.9 Å². The lowest BCUT2D eigenvalue weighted by molar-refractivity contribution is -0.127. The zero-order chi connectivity index (χ0) is 16.1. The number of carbonyl (C=O) groups is 1. The molecule has 1 N–H and O–H groups in total. The summed E-state index contributed by atoms with van der Waals surface area (Å²) in [6, 6.07) is 20.3. The lowest BCUT2D eigenvalue weighted by Crippen LogP contribution is -2.42. The highest BCUT2D eigenvalue weighted by molar-refractivity contribution is 5.80. The first-order valence-corrected chi connectivity index (χ1v) is 8.33. The Kier molecular flexibility index (Phi) is 5.09. The Morgan fingerprint density at radius 2 is 1.61 bits per heavy atom. The molecule has 3 rings (SSSR count). The average Bonchev–Trinajstić information content (AvgIpc) is 2.61. The van der Waals surface area contributed by atoms with Crippen molar-refractivity contribution in [3.63, 3.8) is 0 Å². The highest BCUT2D eigenvalue weighted by atomic mass is 16.2. The molecule has 1 saturated heterocycles. The molecule has 1 aliphatic rings. The van der Waals surface area contributed by atoms with E-state index >= 15 is 0 Å². The van der Waals surface area contributed by atoms with Crippen molar-refractivity contribution in [2.24, 2.45) is 5.92 Å². The summed E-state index contributed by atoms with van der Waals surface area (Å²) < 4.78 is 0. The number of amides is 1. The summed E-state index contributed by atoms with van der Waals surface area (Å²) in [5.41, 5.74) is 2.24. The average molecular weight is 308 g/mol. The van der Waals surface area contributed by atoms with Gasteiger partial charge in [-0.25, -0.2) is 0 Å². The van der Waals surface area contributed by atoms with Crippen LogP contribution < -0.4 is 5.32 Å². The maximum Gasteiger partial charge on any atom is 0.225 e. The molecule has 1 fully saturated rings. The van der Waals surface area contributed by atoms with E-state index in [9.17, 15) is 4.79 Å². The van der Waals surface area contributed by atoms with Gasteiger partial charge in [0.2, 0.25) is 5.91 Å². The lowest BCUT2D eigenvalue weighted by Gasteiger charge is -2.30. The zero-order valence-electron chi connectivity index (χ0n) is 13.6. The maximum atomic E-state index is 12.8. The minimum Gasteiger partial charge on any atom is -0.345 e. The Bertz CT molecular complexity index is 587. The predicted octanol–water partition coefficient (Wildman–Crippen LogP) is 3.23. The van der Waals surface area contributed by atoms with Crippen molar-refractivity contribution in [3.8, 4) is 0 Å². The number of rotatable bonds is 4. The minimum absolute atomic E-state index is 0.0860. The summed E-state index contributed by atoms with van der Waals surface area (Å²) in [5.74, 6) is 0.248. The summed E-state index contributed by atoms with van der Waals surface area (Å²) in [7, 11) is 2.09. The van der Waals surface area contributed by atoms with E-state index in [-0.39, 0.29) is 17.9 Å². The van der Waals surface area contributed by atoms with Crippen molar-refractivity contribution in [3.05, 3.63) is 71.8 Å². The number of nitrogens with zero attached hydrogens (tertiary/aromatic N) is 1. The SMILES string of the molecule is CN1CCC[C@H](C(=O)NC(c2ccccc2)c2ccccc2)C1. The van der Waals surface area contributed by atoms with Crippen LogP contribution in [-0.2, 0) is 4.79 Å². The van der Waals surface area contributed by atoms with Gasteiger partial charge in [-0.2, -0.15) is 0 Å². The van der Waals surface area contributed by atoms with Gasteiger partial charge in [0.05, 0.1) is 12.0 Å². The topological polar surface area (TPSA) is 32.3 Å². The second-order valence-corrected chi connectivity index (χ2v) is 6.36. The van der Waals surface area contributed by atoms with Gasteiger partial charge in [-0.05, 0) is 37.6 Å². The third kappa shape index (κ3) is 3.99. The molecule has 0 bridgehead atoms. The van der Waals surface area contributed by atoms with Crippen molar-refractivity contribution in [1.29, 1.82) is 0 Å². The summed E-state index contributed by atoms with van der Waals surface area (Å²) in [5, 5.41) is 3.27. The number of likely N-dealkylation sites (tertiary alicyclic amines) is 1. The second-order valence-electron chi connectivity index (χ2n) is 6.36. The van der Waals surface area contributed by atoms with E-state index in [2.05, 4.69) is 41.5 Å². The van der Waals surface area contributed by atoms with E-state index in [1.165, 1.54) is 0 Å². The van der Waals surface area contributed by atoms with Crippen LogP contribution >= 0.6 is 0 Å². The molecule has 1 atom stereocenters. The monoisotopic (exact) mass is 308 g/mol. The maximum absolute atomic E-state index is 12.8. The normalized spacial score (nSPS) is 18.8. The fraction of sp³-hybridized carbons (Fsp3) is 0.350. The molecule has 2 aromatic carbocycles. The fourth-order valence-corrected chi connectivity index (χ4v) is 3.29. The lowest BCUT2D eigenvalue weighted by atomic mass is 9.94. The number of piperidine rings is 1. The molecule has 2 aromatic rings. The van der Waals surface area contributed by atoms with Gasteiger partial charge in [-0.3, -0.25) is 4.79 Å². The molecule has 0 saturated carbocycles. The van der Waals surface area contributed by atoms with E-state index in [1.54, 1.807) is 0 Å². The van der Waals surface area contributed by atoms with Gasteiger partial charge in [0, 0.05) is 6.54 Å². The van der Waals surface area contributed by atoms with Gasteiger partial charge in [0.15, 0.2) is 0 Å². The zero-order valence-corrected chi connectivity index (χ0v) is 13.6. The molecule has 1 aliphatic heterocycles. The molecule has 0 aliphatic carbocycles. The molecule has 3 heteroatoms. The molecular formula is C20H24N2O. The highest BCUT2D eigenvalue weighted by Crippen LogP contribution is 2.23. The van der Waals surface area contributed by atoms with Crippen LogP contribution in [0.15, 0.2) is 60.7 Å². The first kappa shape index (κ1) is 15.8. The van der Waals surface area contributed by atoms with Crippen LogP contribution in [0, 0.1) is 5.92 Å². The van der Waals surface area contributed by atoms with Crippen LogP contribution in [0.4, 0.5) is 0 Å². The van der Waals surface area contributed by atoms with Crippen molar-refractivity contribution >= 4 is 5.91 Å². The molecule has 3 nitrogen and oxygen atoms in total. The molecule has 0 radical (unpaired) electrons.